The Balaban J connectivity index is 2.11. The first-order valence-corrected chi connectivity index (χ1v) is 6.58. The summed E-state index contributed by atoms with van der Waals surface area (Å²) in [6.45, 7) is 0.930. The van der Waals surface area contributed by atoms with Gasteiger partial charge in [0.15, 0.2) is 0 Å². The molecule has 0 bridgehead atoms. The number of carbonyl (C=O) groups is 1. The van der Waals surface area contributed by atoms with Crippen molar-refractivity contribution in [3.8, 4) is 0 Å². The van der Waals surface area contributed by atoms with Crippen LogP contribution in [0.5, 0.6) is 0 Å². The van der Waals surface area contributed by atoms with Crippen LogP contribution < -0.4 is 5.32 Å². The lowest BCUT2D eigenvalue weighted by Crippen LogP contribution is -2.23. The van der Waals surface area contributed by atoms with Crippen LogP contribution in [0.2, 0.25) is 4.34 Å². The van der Waals surface area contributed by atoms with Gasteiger partial charge in [0.25, 0.3) is 5.91 Å². The zero-order chi connectivity index (χ0) is 11.8. The van der Waals surface area contributed by atoms with Gasteiger partial charge in [0, 0.05) is 13.2 Å². The fourth-order valence-corrected chi connectivity index (χ4v) is 2.28. The van der Waals surface area contributed by atoms with Crippen LogP contribution in [0.1, 0.15) is 35.4 Å². The van der Waals surface area contributed by atoms with Gasteiger partial charge in [-0.25, -0.2) is 0 Å². The maximum atomic E-state index is 11.5. The first-order chi connectivity index (χ1) is 7.74. The molecular formula is C11H16ClNO2S. The van der Waals surface area contributed by atoms with E-state index < -0.39 is 0 Å². The molecule has 0 atom stereocenters. The molecule has 1 rings (SSSR count). The topological polar surface area (TPSA) is 49.3 Å². The number of amides is 1. The van der Waals surface area contributed by atoms with Gasteiger partial charge in [0.2, 0.25) is 0 Å². The summed E-state index contributed by atoms with van der Waals surface area (Å²) in [5.41, 5.74) is 0. The SMILES string of the molecule is O=C(NCCCCCCO)c1ccc(Cl)s1. The average molecular weight is 262 g/mol. The van der Waals surface area contributed by atoms with Crippen LogP contribution in [0.3, 0.4) is 0 Å². The number of thiophene rings is 1. The van der Waals surface area contributed by atoms with E-state index in [4.69, 9.17) is 16.7 Å². The van der Waals surface area contributed by atoms with Crippen LogP contribution >= 0.6 is 22.9 Å². The predicted octanol–water partition coefficient (Wildman–Crippen LogP) is 2.68. The lowest BCUT2D eigenvalue weighted by atomic mass is 10.2. The summed E-state index contributed by atoms with van der Waals surface area (Å²) in [5.74, 6) is -0.0564. The van der Waals surface area contributed by atoms with Gasteiger partial charge in [-0.3, -0.25) is 4.79 Å². The third-order valence-corrected chi connectivity index (χ3v) is 3.40. The second kappa shape index (κ2) is 7.65. The van der Waals surface area contributed by atoms with Gasteiger partial charge in [-0.1, -0.05) is 24.4 Å². The maximum Gasteiger partial charge on any atom is 0.261 e. The van der Waals surface area contributed by atoms with Gasteiger partial charge in [-0.2, -0.15) is 0 Å². The van der Waals surface area contributed by atoms with E-state index in [2.05, 4.69) is 5.32 Å². The second-order valence-electron chi connectivity index (χ2n) is 3.50. The molecule has 1 amide bonds. The van der Waals surface area contributed by atoms with Crippen molar-refractivity contribution in [2.75, 3.05) is 13.2 Å². The number of aliphatic hydroxyl groups excluding tert-OH is 1. The molecule has 0 spiro atoms. The molecule has 1 aromatic rings. The molecule has 0 radical (unpaired) electrons. The van der Waals surface area contributed by atoms with E-state index in [9.17, 15) is 4.79 Å². The average Bonchev–Trinajstić information content (AvgIpc) is 2.70. The van der Waals surface area contributed by atoms with Crippen LogP contribution in [0.4, 0.5) is 0 Å². The van der Waals surface area contributed by atoms with E-state index in [1.165, 1.54) is 11.3 Å². The molecule has 1 heterocycles. The third-order valence-electron chi connectivity index (χ3n) is 2.17. The third kappa shape index (κ3) is 4.96. The Bertz CT molecular complexity index is 328. The number of hydrogen-bond acceptors (Lipinski definition) is 3. The first kappa shape index (κ1) is 13.5. The zero-order valence-corrected chi connectivity index (χ0v) is 10.6. The van der Waals surface area contributed by atoms with E-state index in [1.807, 2.05) is 0 Å². The summed E-state index contributed by atoms with van der Waals surface area (Å²) in [6, 6.07) is 3.45. The van der Waals surface area contributed by atoms with Crippen molar-refractivity contribution in [1.82, 2.24) is 5.32 Å². The minimum absolute atomic E-state index is 0.0564. The molecule has 0 saturated carbocycles. The number of aliphatic hydroxyl groups is 1. The van der Waals surface area contributed by atoms with E-state index >= 15 is 0 Å². The molecule has 3 nitrogen and oxygen atoms in total. The highest BCUT2D eigenvalue weighted by molar-refractivity contribution is 7.17. The molecule has 0 fully saturated rings. The summed E-state index contributed by atoms with van der Waals surface area (Å²) in [6.07, 6.45) is 3.84. The number of nitrogens with one attached hydrogen (secondary N) is 1. The fourth-order valence-electron chi connectivity index (χ4n) is 1.32. The van der Waals surface area contributed by atoms with Crippen molar-refractivity contribution in [3.63, 3.8) is 0 Å². The molecule has 2 N–H and O–H groups in total. The molecule has 16 heavy (non-hydrogen) atoms. The Morgan fingerprint density at radius 1 is 1.31 bits per heavy atom. The Kier molecular flexibility index (Phi) is 6.45. The number of unbranched alkanes of at least 4 members (excludes halogenated alkanes) is 3. The minimum Gasteiger partial charge on any atom is -0.396 e. The molecule has 0 aliphatic rings. The quantitative estimate of drug-likeness (QED) is 0.742. The highest BCUT2D eigenvalue weighted by Crippen LogP contribution is 2.20. The summed E-state index contributed by atoms with van der Waals surface area (Å²) in [5, 5.41) is 11.4. The number of carbonyl (C=O) groups excluding carboxylic acids is 1. The standard InChI is InChI=1S/C11H16ClNO2S/c12-10-6-5-9(16-10)11(15)13-7-3-1-2-4-8-14/h5-6,14H,1-4,7-8H2,(H,13,15). The molecule has 5 heteroatoms. The minimum atomic E-state index is -0.0564. The van der Waals surface area contributed by atoms with Crippen LogP contribution in [0.15, 0.2) is 12.1 Å². The Morgan fingerprint density at radius 3 is 2.69 bits per heavy atom. The fraction of sp³-hybridized carbons (Fsp3) is 0.545. The van der Waals surface area contributed by atoms with Crippen molar-refractivity contribution in [2.45, 2.75) is 25.7 Å². The Labute approximate surface area is 104 Å². The summed E-state index contributed by atoms with van der Waals surface area (Å²) in [7, 11) is 0. The van der Waals surface area contributed by atoms with Crippen LogP contribution in [-0.4, -0.2) is 24.2 Å². The molecule has 90 valence electrons. The summed E-state index contributed by atoms with van der Waals surface area (Å²) in [4.78, 5) is 12.2. The molecular weight excluding hydrogens is 246 g/mol. The first-order valence-electron chi connectivity index (χ1n) is 5.38. The van der Waals surface area contributed by atoms with Crippen LogP contribution in [0.25, 0.3) is 0 Å². The zero-order valence-electron chi connectivity index (χ0n) is 9.04. The molecule has 1 aromatic heterocycles. The Hall–Kier alpha value is -0.580. The molecule has 0 unspecified atom stereocenters. The lowest BCUT2D eigenvalue weighted by molar-refractivity contribution is 0.0957. The number of halogens is 1. The van der Waals surface area contributed by atoms with Crippen LogP contribution in [0, 0.1) is 0 Å². The number of hydrogen-bond donors (Lipinski definition) is 2. The maximum absolute atomic E-state index is 11.5. The van der Waals surface area contributed by atoms with Gasteiger partial charge in [0.05, 0.1) is 9.21 Å². The normalized spacial score (nSPS) is 10.4. The highest BCUT2D eigenvalue weighted by Gasteiger charge is 2.06. The molecule has 0 aliphatic heterocycles. The number of rotatable bonds is 7. The van der Waals surface area contributed by atoms with Crippen LogP contribution in [-0.2, 0) is 0 Å². The van der Waals surface area contributed by atoms with E-state index in [0.29, 0.717) is 15.8 Å². The summed E-state index contributed by atoms with van der Waals surface area (Å²) >= 11 is 7.03. The summed E-state index contributed by atoms with van der Waals surface area (Å²) < 4.78 is 0.632. The van der Waals surface area contributed by atoms with Gasteiger partial charge in [-0.15, -0.1) is 11.3 Å². The van der Waals surface area contributed by atoms with Crippen molar-refractivity contribution < 1.29 is 9.90 Å². The highest BCUT2D eigenvalue weighted by atomic mass is 35.5. The smallest absolute Gasteiger partial charge is 0.261 e. The van der Waals surface area contributed by atoms with E-state index in [-0.39, 0.29) is 12.5 Å². The molecule has 0 aromatic carbocycles. The largest absolute Gasteiger partial charge is 0.396 e. The van der Waals surface area contributed by atoms with Gasteiger partial charge >= 0.3 is 0 Å². The van der Waals surface area contributed by atoms with Gasteiger partial charge in [-0.05, 0) is 25.0 Å². The van der Waals surface area contributed by atoms with Crippen molar-refractivity contribution >= 4 is 28.8 Å². The predicted molar refractivity (Wildman–Crippen MR) is 67.2 cm³/mol. The second-order valence-corrected chi connectivity index (χ2v) is 5.21. The lowest BCUT2D eigenvalue weighted by Gasteiger charge is -2.02. The molecule has 0 saturated heterocycles. The molecule has 0 aliphatic carbocycles. The van der Waals surface area contributed by atoms with E-state index in [1.54, 1.807) is 12.1 Å². The Morgan fingerprint density at radius 2 is 2.06 bits per heavy atom. The van der Waals surface area contributed by atoms with Crippen molar-refractivity contribution in [3.05, 3.63) is 21.3 Å². The van der Waals surface area contributed by atoms with Crippen molar-refractivity contribution in [2.24, 2.45) is 0 Å². The van der Waals surface area contributed by atoms with E-state index in [0.717, 1.165) is 25.7 Å². The van der Waals surface area contributed by atoms with Crippen molar-refractivity contribution in [1.29, 1.82) is 0 Å². The van der Waals surface area contributed by atoms with Gasteiger partial charge < -0.3 is 10.4 Å². The monoisotopic (exact) mass is 261 g/mol. The van der Waals surface area contributed by atoms with Gasteiger partial charge in [0.1, 0.15) is 0 Å².